The summed E-state index contributed by atoms with van der Waals surface area (Å²) in [6.45, 7) is 2.46. The van der Waals surface area contributed by atoms with Crippen molar-refractivity contribution in [2.75, 3.05) is 26.1 Å². The van der Waals surface area contributed by atoms with Gasteiger partial charge in [0.2, 0.25) is 0 Å². The minimum absolute atomic E-state index is 0.0578. The van der Waals surface area contributed by atoms with Gasteiger partial charge in [0, 0.05) is 7.11 Å². The van der Waals surface area contributed by atoms with Crippen molar-refractivity contribution >= 4 is 15.9 Å². The molecule has 0 radical (unpaired) electrons. The lowest BCUT2D eigenvalue weighted by Crippen LogP contribution is -2.19. The van der Waals surface area contributed by atoms with E-state index in [4.69, 9.17) is 9.47 Å². The second-order valence-electron chi connectivity index (χ2n) is 6.85. The highest BCUT2D eigenvalue weighted by Gasteiger charge is 2.46. The number of halogens is 1. The fourth-order valence-corrected chi connectivity index (χ4v) is 5.56. The Morgan fingerprint density at radius 3 is 2.92 bits per heavy atom. The van der Waals surface area contributed by atoms with Crippen molar-refractivity contribution in [1.82, 2.24) is 0 Å². The second-order valence-corrected chi connectivity index (χ2v) is 9.03. The first kappa shape index (κ1) is 19.1. The Morgan fingerprint density at radius 1 is 1.46 bits per heavy atom. The zero-order chi connectivity index (χ0) is 18.9. The third-order valence-electron chi connectivity index (χ3n) is 4.86. The van der Waals surface area contributed by atoms with Crippen LogP contribution in [0.3, 0.4) is 0 Å². The molecule has 0 aliphatic carbocycles. The average Bonchev–Trinajstić information content (AvgIpc) is 3.10. The van der Waals surface area contributed by atoms with Crippen LogP contribution in [0.15, 0.2) is 34.9 Å². The van der Waals surface area contributed by atoms with Crippen LogP contribution in [0.5, 0.6) is 5.75 Å². The maximum absolute atomic E-state index is 13.4. The normalized spacial score (nSPS) is 25.0. The first-order valence-electron chi connectivity index (χ1n) is 8.51. The van der Waals surface area contributed by atoms with Gasteiger partial charge in [-0.25, -0.2) is 12.8 Å². The van der Waals surface area contributed by atoms with Gasteiger partial charge in [-0.2, -0.15) is 0 Å². The Bertz CT molecular complexity index is 857. The summed E-state index contributed by atoms with van der Waals surface area (Å²) in [7, 11) is -1.63. The SMILES string of the molecule is COCC1=C2[C@@H](CC/C(C)=C/c3ccc(O)c(F)c3)OC[C@@H]2S(=O)(=O)C1. The van der Waals surface area contributed by atoms with Crippen molar-refractivity contribution in [3.8, 4) is 5.75 Å². The molecule has 1 fully saturated rings. The molecule has 0 spiro atoms. The van der Waals surface area contributed by atoms with Crippen LogP contribution >= 0.6 is 0 Å². The van der Waals surface area contributed by atoms with E-state index in [1.165, 1.54) is 12.1 Å². The molecule has 3 rings (SSSR count). The minimum atomic E-state index is -3.18. The summed E-state index contributed by atoms with van der Waals surface area (Å²) in [5.74, 6) is -0.966. The summed E-state index contributed by atoms with van der Waals surface area (Å²) in [6, 6.07) is 4.25. The van der Waals surface area contributed by atoms with E-state index >= 15 is 0 Å². The smallest absolute Gasteiger partial charge is 0.165 e. The van der Waals surface area contributed by atoms with Crippen molar-refractivity contribution in [2.45, 2.75) is 31.1 Å². The molecule has 1 saturated heterocycles. The zero-order valence-corrected chi connectivity index (χ0v) is 15.7. The zero-order valence-electron chi connectivity index (χ0n) is 14.9. The minimum Gasteiger partial charge on any atom is -0.505 e. The highest BCUT2D eigenvalue weighted by molar-refractivity contribution is 7.92. The predicted octanol–water partition coefficient (Wildman–Crippen LogP) is 2.85. The monoisotopic (exact) mass is 382 g/mol. The number of aromatic hydroxyl groups is 1. The highest BCUT2D eigenvalue weighted by atomic mass is 32.2. The molecular weight excluding hydrogens is 359 g/mol. The standard InChI is InChI=1S/C19H23FO5S/c1-12(7-13-4-5-16(21)15(20)8-13)3-6-17-19-14(9-24-2)11-26(22,23)18(19)10-25-17/h4-5,7-8,17-18,21H,3,6,9-11H2,1-2H3/b12-7+/t17-,18+/m1/s1. The molecule has 1 aromatic carbocycles. The van der Waals surface area contributed by atoms with E-state index < -0.39 is 20.9 Å². The third-order valence-corrected chi connectivity index (χ3v) is 6.87. The van der Waals surface area contributed by atoms with Crippen molar-refractivity contribution in [1.29, 1.82) is 0 Å². The van der Waals surface area contributed by atoms with Gasteiger partial charge >= 0.3 is 0 Å². The van der Waals surface area contributed by atoms with Gasteiger partial charge in [0.05, 0.1) is 25.1 Å². The molecule has 5 nitrogen and oxygen atoms in total. The Labute approximate surface area is 153 Å². The maximum Gasteiger partial charge on any atom is 0.165 e. The molecule has 0 saturated carbocycles. The first-order chi connectivity index (χ1) is 12.3. The number of hydrogen-bond donors (Lipinski definition) is 1. The number of sulfone groups is 1. The molecule has 1 aromatic rings. The summed E-state index contributed by atoms with van der Waals surface area (Å²) in [4.78, 5) is 0. The molecular formula is C19H23FO5S. The molecule has 7 heteroatoms. The number of methoxy groups -OCH3 is 1. The number of phenolic OH excluding ortho intramolecular Hbond substituents is 1. The molecule has 2 aliphatic heterocycles. The van der Waals surface area contributed by atoms with Crippen molar-refractivity contribution in [2.24, 2.45) is 0 Å². The van der Waals surface area contributed by atoms with Crippen LogP contribution < -0.4 is 0 Å². The third kappa shape index (κ3) is 3.84. The molecule has 2 atom stereocenters. The lowest BCUT2D eigenvalue weighted by molar-refractivity contribution is 0.117. The number of phenols is 1. The molecule has 2 aliphatic rings. The van der Waals surface area contributed by atoms with E-state index in [1.807, 2.05) is 13.0 Å². The van der Waals surface area contributed by atoms with E-state index in [0.717, 1.165) is 16.7 Å². The van der Waals surface area contributed by atoms with Crippen LogP contribution in [-0.4, -0.2) is 51.0 Å². The van der Waals surface area contributed by atoms with Crippen LogP contribution in [0.1, 0.15) is 25.3 Å². The van der Waals surface area contributed by atoms with Gasteiger partial charge in [-0.05, 0) is 48.6 Å². The van der Waals surface area contributed by atoms with Gasteiger partial charge in [-0.15, -0.1) is 0 Å². The van der Waals surface area contributed by atoms with E-state index in [2.05, 4.69) is 0 Å². The number of allylic oxidation sites excluding steroid dienone is 1. The van der Waals surface area contributed by atoms with E-state index in [9.17, 15) is 17.9 Å². The Hall–Kier alpha value is -1.70. The molecule has 26 heavy (non-hydrogen) atoms. The molecule has 142 valence electrons. The fourth-order valence-electron chi connectivity index (χ4n) is 3.64. The molecule has 0 aromatic heterocycles. The maximum atomic E-state index is 13.4. The number of rotatable bonds is 6. The van der Waals surface area contributed by atoms with E-state index in [0.29, 0.717) is 25.0 Å². The van der Waals surface area contributed by atoms with E-state index in [1.54, 1.807) is 13.2 Å². The van der Waals surface area contributed by atoms with Crippen LogP contribution in [0, 0.1) is 5.82 Å². The summed E-state index contributed by atoms with van der Waals surface area (Å²) < 4.78 is 48.9. The molecule has 0 bridgehead atoms. The van der Waals surface area contributed by atoms with Gasteiger partial charge in [0.1, 0.15) is 5.25 Å². The molecule has 1 N–H and O–H groups in total. The van der Waals surface area contributed by atoms with Crippen LogP contribution in [0.2, 0.25) is 0 Å². The Kier molecular flexibility index (Phi) is 5.50. The predicted molar refractivity (Wildman–Crippen MR) is 97.2 cm³/mol. The number of hydrogen-bond acceptors (Lipinski definition) is 5. The number of fused-ring (bicyclic) bond motifs is 1. The Morgan fingerprint density at radius 2 is 2.23 bits per heavy atom. The summed E-state index contributed by atoms with van der Waals surface area (Å²) in [5, 5.41) is 8.71. The second kappa shape index (κ2) is 7.50. The lowest BCUT2D eigenvalue weighted by Gasteiger charge is -2.14. The number of benzene rings is 1. The molecule has 0 unspecified atom stereocenters. The molecule has 2 heterocycles. The summed E-state index contributed by atoms with van der Waals surface area (Å²) in [6.07, 6.45) is 2.99. The van der Waals surface area contributed by atoms with E-state index in [-0.39, 0.29) is 24.2 Å². The fraction of sp³-hybridized carbons (Fsp3) is 0.474. The van der Waals surface area contributed by atoms with Crippen molar-refractivity contribution in [3.63, 3.8) is 0 Å². The average molecular weight is 382 g/mol. The van der Waals surface area contributed by atoms with Crippen molar-refractivity contribution in [3.05, 3.63) is 46.3 Å². The Balaban J connectivity index is 1.70. The van der Waals surface area contributed by atoms with Crippen LogP contribution in [0.4, 0.5) is 4.39 Å². The molecule has 0 amide bonds. The van der Waals surface area contributed by atoms with Crippen molar-refractivity contribution < 1.29 is 27.4 Å². The van der Waals surface area contributed by atoms with Crippen LogP contribution in [-0.2, 0) is 19.3 Å². The van der Waals surface area contributed by atoms with Crippen LogP contribution in [0.25, 0.3) is 6.08 Å². The topological polar surface area (TPSA) is 72.8 Å². The first-order valence-corrected chi connectivity index (χ1v) is 10.2. The highest BCUT2D eigenvalue weighted by Crippen LogP contribution is 2.38. The lowest BCUT2D eigenvalue weighted by atomic mass is 9.97. The van der Waals surface area contributed by atoms with Gasteiger partial charge in [-0.3, -0.25) is 0 Å². The van der Waals surface area contributed by atoms with Gasteiger partial charge in [0.25, 0.3) is 0 Å². The largest absolute Gasteiger partial charge is 0.505 e. The van der Waals surface area contributed by atoms with Gasteiger partial charge < -0.3 is 14.6 Å². The van der Waals surface area contributed by atoms with Gasteiger partial charge in [-0.1, -0.05) is 17.7 Å². The van der Waals surface area contributed by atoms with Gasteiger partial charge in [0.15, 0.2) is 21.4 Å². The summed E-state index contributed by atoms with van der Waals surface area (Å²) in [5.41, 5.74) is 3.39. The summed E-state index contributed by atoms with van der Waals surface area (Å²) >= 11 is 0. The quantitative estimate of drug-likeness (QED) is 0.766. The number of ether oxygens (including phenoxy) is 2.